The third kappa shape index (κ3) is 4.16. The highest BCUT2D eigenvalue weighted by Crippen LogP contribution is 2.22. The van der Waals surface area contributed by atoms with E-state index < -0.39 is 0 Å². The lowest BCUT2D eigenvalue weighted by Crippen LogP contribution is -2.48. The highest BCUT2D eigenvalue weighted by atomic mass is 32.1. The van der Waals surface area contributed by atoms with Crippen LogP contribution in [0.1, 0.15) is 12.8 Å². The van der Waals surface area contributed by atoms with Gasteiger partial charge in [0.05, 0.1) is 6.54 Å². The molecule has 0 spiro atoms. The summed E-state index contributed by atoms with van der Waals surface area (Å²) in [5.41, 5.74) is 2.12. The van der Waals surface area contributed by atoms with Crippen molar-refractivity contribution in [3.8, 4) is 0 Å². The summed E-state index contributed by atoms with van der Waals surface area (Å²) < 4.78 is 0. The molecule has 0 saturated carbocycles. The third-order valence-corrected chi connectivity index (χ3v) is 5.88. The van der Waals surface area contributed by atoms with Gasteiger partial charge in [-0.1, -0.05) is 0 Å². The summed E-state index contributed by atoms with van der Waals surface area (Å²) in [7, 11) is 0. The predicted octanol–water partition coefficient (Wildman–Crippen LogP) is 2.50. The zero-order valence-electron chi connectivity index (χ0n) is 14.9. The van der Waals surface area contributed by atoms with Gasteiger partial charge in [0, 0.05) is 62.2 Å². The van der Waals surface area contributed by atoms with E-state index in [0.717, 1.165) is 50.1 Å². The molecule has 7 heteroatoms. The average Bonchev–Trinajstić information content (AvgIpc) is 3.37. The van der Waals surface area contributed by atoms with E-state index in [4.69, 9.17) is 0 Å². The second-order valence-corrected chi connectivity index (χ2v) is 7.74. The van der Waals surface area contributed by atoms with Crippen molar-refractivity contribution in [2.24, 2.45) is 0 Å². The van der Waals surface area contributed by atoms with E-state index in [1.807, 2.05) is 23.7 Å². The number of anilines is 3. The Morgan fingerprint density at radius 3 is 2.38 bits per heavy atom. The number of amides is 1. The molecule has 0 aliphatic carbocycles. The van der Waals surface area contributed by atoms with Crippen LogP contribution in [-0.4, -0.2) is 61.6 Å². The summed E-state index contributed by atoms with van der Waals surface area (Å²) >= 11 is 1.67. The van der Waals surface area contributed by atoms with E-state index in [1.165, 1.54) is 18.5 Å². The fourth-order valence-corrected chi connectivity index (χ4v) is 4.30. The highest BCUT2D eigenvalue weighted by molar-refractivity contribution is 7.13. The van der Waals surface area contributed by atoms with Crippen molar-refractivity contribution in [2.75, 3.05) is 60.9 Å². The van der Waals surface area contributed by atoms with Gasteiger partial charge in [-0.15, -0.1) is 11.3 Å². The molecule has 6 nitrogen and oxygen atoms in total. The van der Waals surface area contributed by atoms with Gasteiger partial charge >= 0.3 is 0 Å². The molecule has 2 saturated heterocycles. The second-order valence-electron chi connectivity index (χ2n) is 6.87. The van der Waals surface area contributed by atoms with Crippen LogP contribution < -0.4 is 15.1 Å². The summed E-state index contributed by atoms with van der Waals surface area (Å²) in [4.78, 5) is 23.6. The Kier molecular flexibility index (Phi) is 5.36. The number of aromatic nitrogens is 1. The van der Waals surface area contributed by atoms with Gasteiger partial charge in [0.1, 0.15) is 0 Å². The number of nitrogens with zero attached hydrogens (tertiary/aromatic N) is 4. The number of carbonyl (C=O) groups is 1. The molecule has 1 aromatic heterocycles. The predicted molar refractivity (Wildman–Crippen MR) is 107 cm³/mol. The molecule has 2 aromatic rings. The molecule has 138 valence electrons. The van der Waals surface area contributed by atoms with Gasteiger partial charge in [-0.25, -0.2) is 4.98 Å². The number of piperazine rings is 1. The molecular formula is C19H25N5OS. The van der Waals surface area contributed by atoms with Crippen LogP contribution in [0.15, 0.2) is 35.8 Å². The Morgan fingerprint density at radius 1 is 1.00 bits per heavy atom. The first-order chi connectivity index (χ1) is 12.8. The van der Waals surface area contributed by atoms with Crippen molar-refractivity contribution < 1.29 is 4.79 Å². The molecule has 0 atom stereocenters. The number of nitrogens with one attached hydrogen (secondary N) is 1. The molecule has 0 bridgehead atoms. The lowest BCUT2D eigenvalue weighted by molar-refractivity contribution is -0.117. The van der Waals surface area contributed by atoms with Crippen LogP contribution in [0, 0.1) is 0 Å². The van der Waals surface area contributed by atoms with Crippen molar-refractivity contribution >= 4 is 33.8 Å². The van der Waals surface area contributed by atoms with Crippen molar-refractivity contribution in [1.82, 2.24) is 9.88 Å². The maximum atomic E-state index is 12.3. The summed E-state index contributed by atoms with van der Waals surface area (Å²) in [5, 5.41) is 6.10. The van der Waals surface area contributed by atoms with Gasteiger partial charge in [0.15, 0.2) is 5.13 Å². The normalized spacial score (nSPS) is 18.3. The SMILES string of the molecule is O=C(CN1CCN(c2nccs2)CC1)Nc1ccc(N2CCCC2)cc1. The molecule has 26 heavy (non-hydrogen) atoms. The maximum absolute atomic E-state index is 12.3. The van der Waals surface area contributed by atoms with Crippen LogP contribution in [0.5, 0.6) is 0 Å². The molecule has 1 aromatic carbocycles. The third-order valence-electron chi connectivity index (χ3n) is 5.05. The summed E-state index contributed by atoms with van der Waals surface area (Å²) in [5.74, 6) is 0.0571. The number of hydrogen-bond acceptors (Lipinski definition) is 6. The zero-order valence-corrected chi connectivity index (χ0v) is 15.7. The fourth-order valence-electron chi connectivity index (χ4n) is 3.60. The maximum Gasteiger partial charge on any atom is 0.238 e. The van der Waals surface area contributed by atoms with Crippen LogP contribution in [0.4, 0.5) is 16.5 Å². The first-order valence-corrected chi connectivity index (χ1v) is 10.2. The van der Waals surface area contributed by atoms with Gasteiger partial charge in [0.2, 0.25) is 5.91 Å². The molecule has 1 N–H and O–H groups in total. The average molecular weight is 372 g/mol. The molecule has 0 radical (unpaired) electrons. The lowest BCUT2D eigenvalue weighted by atomic mass is 10.2. The summed E-state index contributed by atoms with van der Waals surface area (Å²) in [6, 6.07) is 8.22. The minimum absolute atomic E-state index is 0.0571. The highest BCUT2D eigenvalue weighted by Gasteiger charge is 2.20. The van der Waals surface area contributed by atoms with E-state index in [9.17, 15) is 4.79 Å². The van der Waals surface area contributed by atoms with Crippen LogP contribution in [0.3, 0.4) is 0 Å². The summed E-state index contributed by atoms with van der Waals surface area (Å²) in [6.45, 7) is 6.34. The lowest BCUT2D eigenvalue weighted by Gasteiger charge is -2.34. The van der Waals surface area contributed by atoms with Crippen molar-refractivity contribution in [1.29, 1.82) is 0 Å². The molecule has 1 amide bonds. The minimum atomic E-state index is 0.0571. The van der Waals surface area contributed by atoms with Crippen molar-refractivity contribution in [3.63, 3.8) is 0 Å². The fraction of sp³-hybridized carbons (Fsp3) is 0.474. The number of carbonyl (C=O) groups excluding carboxylic acids is 1. The second kappa shape index (κ2) is 8.05. The number of rotatable bonds is 5. The van der Waals surface area contributed by atoms with E-state index in [0.29, 0.717) is 6.54 Å². The van der Waals surface area contributed by atoms with Crippen LogP contribution in [-0.2, 0) is 4.79 Å². The van der Waals surface area contributed by atoms with Gasteiger partial charge in [0.25, 0.3) is 0 Å². The molecule has 2 fully saturated rings. The molecular weight excluding hydrogens is 346 g/mol. The minimum Gasteiger partial charge on any atom is -0.372 e. The number of hydrogen-bond donors (Lipinski definition) is 1. The Hall–Kier alpha value is -2.12. The molecule has 3 heterocycles. The van der Waals surface area contributed by atoms with Gasteiger partial charge in [-0.05, 0) is 37.1 Å². The van der Waals surface area contributed by atoms with Gasteiger partial charge in [-0.3, -0.25) is 9.69 Å². The standard InChI is InChI=1S/C19H25N5OS/c25-18(15-22-10-12-24(13-11-22)19-20-7-14-26-19)21-16-3-5-17(6-4-16)23-8-1-2-9-23/h3-7,14H,1-2,8-13,15H2,(H,21,25). The van der Waals surface area contributed by atoms with Gasteiger partial charge < -0.3 is 15.1 Å². The van der Waals surface area contributed by atoms with E-state index in [-0.39, 0.29) is 5.91 Å². The number of benzene rings is 1. The first-order valence-electron chi connectivity index (χ1n) is 9.29. The largest absolute Gasteiger partial charge is 0.372 e. The van der Waals surface area contributed by atoms with E-state index in [2.05, 4.69) is 37.1 Å². The Bertz CT molecular complexity index is 704. The van der Waals surface area contributed by atoms with E-state index in [1.54, 1.807) is 11.3 Å². The Balaban J connectivity index is 1.24. The molecule has 2 aliphatic rings. The monoisotopic (exact) mass is 371 g/mol. The van der Waals surface area contributed by atoms with Crippen LogP contribution in [0.2, 0.25) is 0 Å². The molecule has 4 rings (SSSR count). The van der Waals surface area contributed by atoms with Crippen LogP contribution >= 0.6 is 11.3 Å². The number of thiazole rings is 1. The Morgan fingerprint density at radius 2 is 1.73 bits per heavy atom. The molecule has 2 aliphatic heterocycles. The smallest absolute Gasteiger partial charge is 0.238 e. The topological polar surface area (TPSA) is 51.7 Å². The first kappa shape index (κ1) is 17.3. The van der Waals surface area contributed by atoms with E-state index >= 15 is 0 Å². The van der Waals surface area contributed by atoms with Crippen molar-refractivity contribution in [3.05, 3.63) is 35.8 Å². The Labute approximate surface area is 158 Å². The zero-order chi connectivity index (χ0) is 17.8. The van der Waals surface area contributed by atoms with Gasteiger partial charge in [-0.2, -0.15) is 0 Å². The summed E-state index contributed by atoms with van der Waals surface area (Å²) in [6.07, 6.45) is 4.39. The van der Waals surface area contributed by atoms with Crippen molar-refractivity contribution in [2.45, 2.75) is 12.8 Å². The molecule has 0 unspecified atom stereocenters. The quantitative estimate of drug-likeness (QED) is 0.875. The van der Waals surface area contributed by atoms with Crippen LogP contribution in [0.25, 0.3) is 0 Å².